The summed E-state index contributed by atoms with van der Waals surface area (Å²) in [6.45, 7) is 2.06. The van der Waals surface area contributed by atoms with Crippen molar-refractivity contribution in [3.05, 3.63) is 17.8 Å². The molecule has 0 bridgehead atoms. The lowest BCUT2D eigenvalue weighted by Gasteiger charge is -2.30. The first-order chi connectivity index (χ1) is 8.56. The summed E-state index contributed by atoms with van der Waals surface area (Å²) in [6, 6.07) is 3.50. The minimum atomic E-state index is -0.543. The Labute approximate surface area is 106 Å². The molecule has 1 atom stereocenters. The lowest BCUT2D eigenvalue weighted by atomic mass is 10.1. The third kappa shape index (κ3) is 2.89. The molecule has 0 aromatic carbocycles. The van der Waals surface area contributed by atoms with Gasteiger partial charge in [0.15, 0.2) is 0 Å². The number of anilines is 2. The van der Waals surface area contributed by atoms with Gasteiger partial charge in [-0.05, 0) is 38.6 Å². The minimum absolute atomic E-state index is 0.232. The van der Waals surface area contributed by atoms with E-state index in [0.29, 0.717) is 17.5 Å². The second-order valence-electron chi connectivity index (χ2n) is 4.74. The topological polar surface area (TPSA) is 97.3 Å². The first kappa shape index (κ1) is 12.6. The number of hydrogen-bond acceptors (Lipinski definition) is 5. The maximum absolute atomic E-state index is 11.1. The number of pyridine rings is 1. The molecule has 0 radical (unpaired) electrons. The van der Waals surface area contributed by atoms with Crippen molar-refractivity contribution >= 4 is 17.4 Å². The van der Waals surface area contributed by atoms with Gasteiger partial charge in [0, 0.05) is 12.6 Å². The Morgan fingerprint density at radius 2 is 2.33 bits per heavy atom. The smallest absolute Gasteiger partial charge is 0.267 e. The molecule has 2 heterocycles. The third-order valence-electron chi connectivity index (χ3n) is 3.14. The number of likely N-dealkylation sites (N-methyl/N-ethyl adjacent to an activating group) is 1. The normalized spacial score (nSPS) is 20.6. The molecule has 0 saturated carbocycles. The van der Waals surface area contributed by atoms with Crippen LogP contribution in [-0.4, -0.2) is 42.0 Å². The van der Waals surface area contributed by atoms with Crippen LogP contribution >= 0.6 is 0 Å². The molecule has 1 aromatic rings. The predicted octanol–water partition coefficient (Wildman–Crippen LogP) is 0.269. The Morgan fingerprint density at radius 3 is 3.00 bits per heavy atom. The average Bonchev–Trinajstić information content (AvgIpc) is 2.31. The van der Waals surface area contributed by atoms with E-state index >= 15 is 0 Å². The minimum Gasteiger partial charge on any atom is -0.396 e. The van der Waals surface area contributed by atoms with Crippen LogP contribution in [-0.2, 0) is 0 Å². The number of hydrogen-bond donors (Lipinski definition) is 3. The van der Waals surface area contributed by atoms with Crippen molar-refractivity contribution in [3.8, 4) is 0 Å². The summed E-state index contributed by atoms with van der Waals surface area (Å²) < 4.78 is 0. The van der Waals surface area contributed by atoms with Crippen LogP contribution in [0.1, 0.15) is 23.3 Å². The second-order valence-corrected chi connectivity index (χ2v) is 4.74. The number of likely N-dealkylation sites (tertiary alicyclic amines) is 1. The number of nitrogens with one attached hydrogen (secondary N) is 1. The fourth-order valence-corrected chi connectivity index (χ4v) is 2.20. The molecule has 6 heteroatoms. The zero-order chi connectivity index (χ0) is 13.1. The largest absolute Gasteiger partial charge is 0.396 e. The van der Waals surface area contributed by atoms with Crippen LogP contribution in [0.15, 0.2) is 12.1 Å². The Balaban J connectivity index is 2.12. The molecule has 0 aliphatic carbocycles. The van der Waals surface area contributed by atoms with E-state index in [-0.39, 0.29) is 5.69 Å². The van der Waals surface area contributed by atoms with Gasteiger partial charge in [-0.15, -0.1) is 0 Å². The summed E-state index contributed by atoms with van der Waals surface area (Å²) in [5.41, 5.74) is 11.8. The number of nitrogens with two attached hydrogens (primary N) is 2. The zero-order valence-electron chi connectivity index (χ0n) is 10.5. The van der Waals surface area contributed by atoms with Gasteiger partial charge >= 0.3 is 0 Å². The van der Waals surface area contributed by atoms with Crippen LogP contribution in [0.4, 0.5) is 11.5 Å². The molecule has 1 fully saturated rings. The van der Waals surface area contributed by atoms with E-state index < -0.39 is 5.91 Å². The first-order valence-corrected chi connectivity index (χ1v) is 6.07. The highest BCUT2D eigenvalue weighted by Gasteiger charge is 2.18. The van der Waals surface area contributed by atoms with Gasteiger partial charge in [-0.2, -0.15) is 0 Å². The Hall–Kier alpha value is -1.82. The number of piperidine rings is 1. The number of aromatic nitrogens is 1. The molecular formula is C12H19N5O. The van der Waals surface area contributed by atoms with Gasteiger partial charge in [-0.25, -0.2) is 4.98 Å². The molecule has 1 saturated heterocycles. The van der Waals surface area contributed by atoms with E-state index in [0.717, 1.165) is 25.9 Å². The number of amides is 1. The van der Waals surface area contributed by atoms with E-state index in [1.54, 1.807) is 6.07 Å². The molecule has 6 nitrogen and oxygen atoms in total. The van der Waals surface area contributed by atoms with E-state index in [2.05, 4.69) is 22.2 Å². The van der Waals surface area contributed by atoms with Crippen molar-refractivity contribution in [2.75, 3.05) is 31.2 Å². The van der Waals surface area contributed by atoms with Gasteiger partial charge in [-0.3, -0.25) is 4.79 Å². The van der Waals surface area contributed by atoms with Crippen LogP contribution in [0.25, 0.3) is 0 Å². The Kier molecular flexibility index (Phi) is 3.66. The number of primary amides is 1. The van der Waals surface area contributed by atoms with Gasteiger partial charge in [0.05, 0.1) is 5.69 Å². The third-order valence-corrected chi connectivity index (χ3v) is 3.14. The predicted molar refractivity (Wildman–Crippen MR) is 71.3 cm³/mol. The lowest BCUT2D eigenvalue weighted by molar-refractivity contribution is 0.0995. The highest BCUT2D eigenvalue weighted by Crippen LogP contribution is 2.19. The molecule has 0 spiro atoms. The second kappa shape index (κ2) is 5.22. The average molecular weight is 249 g/mol. The standard InChI is InChI=1S/C12H19N5O/c1-17-6-2-3-8(7-17)15-12-9(13)4-5-10(16-12)11(14)18/h4-5,8H,2-3,6-7,13H2,1H3,(H2,14,18)(H,15,16). The monoisotopic (exact) mass is 249 g/mol. The Bertz CT molecular complexity index is 448. The summed E-state index contributed by atoms with van der Waals surface area (Å²) in [6.07, 6.45) is 2.22. The van der Waals surface area contributed by atoms with Gasteiger partial charge in [0.25, 0.3) is 5.91 Å². The molecule has 2 rings (SSSR count). The van der Waals surface area contributed by atoms with Gasteiger partial charge in [0.1, 0.15) is 11.5 Å². The highest BCUT2D eigenvalue weighted by molar-refractivity contribution is 5.91. The molecular weight excluding hydrogens is 230 g/mol. The molecule has 5 N–H and O–H groups in total. The van der Waals surface area contributed by atoms with Gasteiger partial charge < -0.3 is 21.7 Å². The number of carbonyl (C=O) groups is 1. The molecule has 1 aliphatic rings. The maximum atomic E-state index is 11.1. The van der Waals surface area contributed by atoms with Crippen LogP contribution in [0.3, 0.4) is 0 Å². The lowest BCUT2D eigenvalue weighted by Crippen LogP contribution is -2.40. The summed E-state index contributed by atoms with van der Waals surface area (Å²) in [5, 5.41) is 3.29. The van der Waals surface area contributed by atoms with Crippen molar-refractivity contribution in [1.29, 1.82) is 0 Å². The van der Waals surface area contributed by atoms with Crippen molar-refractivity contribution in [2.45, 2.75) is 18.9 Å². The Morgan fingerprint density at radius 1 is 1.56 bits per heavy atom. The molecule has 1 amide bonds. The first-order valence-electron chi connectivity index (χ1n) is 6.07. The maximum Gasteiger partial charge on any atom is 0.267 e. The zero-order valence-corrected chi connectivity index (χ0v) is 10.5. The van der Waals surface area contributed by atoms with Crippen molar-refractivity contribution in [2.24, 2.45) is 5.73 Å². The number of rotatable bonds is 3. The quantitative estimate of drug-likeness (QED) is 0.714. The number of nitrogen functional groups attached to an aromatic ring is 1. The van der Waals surface area contributed by atoms with Crippen molar-refractivity contribution < 1.29 is 4.79 Å². The molecule has 98 valence electrons. The summed E-state index contributed by atoms with van der Waals surface area (Å²) in [4.78, 5) is 17.5. The molecule has 1 aliphatic heterocycles. The van der Waals surface area contributed by atoms with Crippen LogP contribution in [0.5, 0.6) is 0 Å². The van der Waals surface area contributed by atoms with E-state index in [9.17, 15) is 4.79 Å². The van der Waals surface area contributed by atoms with E-state index in [4.69, 9.17) is 11.5 Å². The summed E-state index contributed by atoms with van der Waals surface area (Å²) in [5.74, 6) is 0.00501. The fraction of sp³-hybridized carbons (Fsp3) is 0.500. The SMILES string of the molecule is CN1CCCC(Nc2nc(C(N)=O)ccc2N)C1. The van der Waals surface area contributed by atoms with E-state index in [1.807, 2.05) is 0 Å². The van der Waals surface area contributed by atoms with Crippen LogP contribution in [0.2, 0.25) is 0 Å². The molecule has 1 aromatic heterocycles. The van der Waals surface area contributed by atoms with Crippen LogP contribution in [0, 0.1) is 0 Å². The molecule has 1 unspecified atom stereocenters. The van der Waals surface area contributed by atoms with Crippen LogP contribution < -0.4 is 16.8 Å². The fourth-order valence-electron chi connectivity index (χ4n) is 2.20. The molecule has 18 heavy (non-hydrogen) atoms. The van der Waals surface area contributed by atoms with E-state index in [1.165, 1.54) is 6.07 Å². The number of nitrogens with zero attached hydrogens (tertiary/aromatic N) is 2. The summed E-state index contributed by atoms with van der Waals surface area (Å²) >= 11 is 0. The van der Waals surface area contributed by atoms with Gasteiger partial charge in [-0.1, -0.05) is 0 Å². The van der Waals surface area contributed by atoms with Gasteiger partial charge in [0.2, 0.25) is 0 Å². The number of carbonyl (C=O) groups excluding carboxylic acids is 1. The highest BCUT2D eigenvalue weighted by atomic mass is 16.1. The van der Waals surface area contributed by atoms with Crippen molar-refractivity contribution in [3.63, 3.8) is 0 Å². The summed E-state index contributed by atoms with van der Waals surface area (Å²) in [7, 11) is 2.09. The van der Waals surface area contributed by atoms with Crippen molar-refractivity contribution in [1.82, 2.24) is 9.88 Å².